The first kappa shape index (κ1) is 35.0. The molecule has 8 aromatic carbocycles. The predicted molar refractivity (Wildman–Crippen MR) is 244 cm³/mol. The van der Waals surface area contributed by atoms with Crippen LogP contribution in [0.2, 0.25) is 0 Å². The number of nitrogens with zero attached hydrogens (tertiary/aromatic N) is 2. The Balaban J connectivity index is 1.20. The van der Waals surface area contributed by atoms with E-state index in [1.807, 2.05) is 0 Å². The largest absolute Gasteiger partial charge is 0.228 e. The fourth-order valence-electron chi connectivity index (χ4n) is 8.38. The van der Waals surface area contributed by atoms with Crippen LogP contribution < -0.4 is 0 Å². The summed E-state index contributed by atoms with van der Waals surface area (Å²) in [6, 6.07) is 72.1. The number of para-hydroxylation sites is 1. The number of allylic oxidation sites excluding steroid dienone is 4. The Bertz CT molecular complexity index is 2960. The fourth-order valence-corrected chi connectivity index (χ4v) is 8.38. The van der Waals surface area contributed by atoms with Gasteiger partial charge in [-0.25, -0.2) is 9.97 Å². The summed E-state index contributed by atoms with van der Waals surface area (Å²) in [4.78, 5) is 10.2. The maximum atomic E-state index is 5.22. The summed E-state index contributed by atoms with van der Waals surface area (Å²) in [7, 11) is 0. The van der Waals surface area contributed by atoms with Crippen LogP contribution in [0.15, 0.2) is 218 Å². The number of hydrogen-bond acceptors (Lipinski definition) is 2. The molecule has 0 atom stereocenters. The summed E-state index contributed by atoms with van der Waals surface area (Å²) in [5.41, 5.74) is 18.2. The number of hydrogen-bond donors (Lipinski definition) is 0. The van der Waals surface area contributed by atoms with Gasteiger partial charge in [0.15, 0.2) is 5.82 Å². The molecule has 1 aliphatic carbocycles. The molecule has 2 nitrogen and oxygen atoms in total. The molecule has 274 valence electrons. The van der Waals surface area contributed by atoms with Crippen LogP contribution in [0, 0.1) is 0 Å². The van der Waals surface area contributed by atoms with Crippen molar-refractivity contribution in [1.29, 1.82) is 0 Å². The van der Waals surface area contributed by atoms with Gasteiger partial charge in [-0.2, -0.15) is 0 Å². The van der Waals surface area contributed by atoms with Crippen LogP contribution in [-0.4, -0.2) is 9.97 Å². The van der Waals surface area contributed by atoms with Crippen molar-refractivity contribution >= 4 is 16.5 Å². The third kappa shape index (κ3) is 6.76. The Morgan fingerprint density at radius 1 is 0.345 bits per heavy atom. The predicted octanol–water partition coefficient (Wildman–Crippen LogP) is 15.0. The molecule has 0 radical (unpaired) electrons. The number of rotatable bonds is 8. The average Bonchev–Trinajstić information content (AvgIpc) is 3.32. The maximum Gasteiger partial charge on any atom is 0.160 e. The van der Waals surface area contributed by atoms with Crippen molar-refractivity contribution in [3.05, 3.63) is 224 Å². The van der Waals surface area contributed by atoms with E-state index in [2.05, 4.69) is 218 Å². The topological polar surface area (TPSA) is 25.8 Å². The van der Waals surface area contributed by atoms with E-state index in [1.165, 1.54) is 50.1 Å². The van der Waals surface area contributed by atoms with E-state index in [1.54, 1.807) is 0 Å². The lowest BCUT2D eigenvalue weighted by Crippen LogP contribution is -1.99. The normalized spacial score (nSPS) is 12.4. The van der Waals surface area contributed by atoms with Crippen LogP contribution in [0.3, 0.4) is 0 Å². The molecule has 0 spiro atoms. The van der Waals surface area contributed by atoms with E-state index in [-0.39, 0.29) is 0 Å². The third-order valence-corrected chi connectivity index (χ3v) is 11.1. The Kier molecular flexibility index (Phi) is 9.43. The van der Waals surface area contributed by atoms with E-state index < -0.39 is 0 Å². The zero-order valence-corrected chi connectivity index (χ0v) is 32.1. The van der Waals surface area contributed by atoms with Gasteiger partial charge in [0.2, 0.25) is 0 Å². The summed E-state index contributed by atoms with van der Waals surface area (Å²) in [6.45, 7) is 0. The minimum atomic E-state index is 0.771. The first-order valence-electron chi connectivity index (χ1n) is 20.1. The van der Waals surface area contributed by atoms with Crippen LogP contribution in [-0.2, 0) is 0 Å². The lowest BCUT2D eigenvalue weighted by molar-refractivity contribution is 1.03. The molecule has 0 saturated heterocycles. The highest BCUT2D eigenvalue weighted by Crippen LogP contribution is 2.50. The van der Waals surface area contributed by atoms with Crippen LogP contribution in [0.4, 0.5) is 0 Å². The van der Waals surface area contributed by atoms with Crippen molar-refractivity contribution in [1.82, 2.24) is 9.97 Å². The first-order valence-corrected chi connectivity index (χ1v) is 20.1. The Labute approximate surface area is 340 Å². The lowest BCUT2D eigenvalue weighted by atomic mass is 9.78. The van der Waals surface area contributed by atoms with Crippen molar-refractivity contribution in [2.24, 2.45) is 0 Å². The van der Waals surface area contributed by atoms with Crippen molar-refractivity contribution in [2.45, 2.75) is 12.8 Å². The van der Waals surface area contributed by atoms with Crippen LogP contribution in [0.25, 0.3) is 94.5 Å². The van der Waals surface area contributed by atoms with Gasteiger partial charge in [0.25, 0.3) is 0 Å². The minimum absolute atomic E-state index is 0.771. The van der Waals surface area contributed by atoms with E-state index in [9.17, 15) is 0 Å². The highest BCUT2D eigenvalue weighted by molar-refractivity contribution is 6.07. The molecule has 1 aliphatic rings. The Hall–Kier alpha value is -7.42. The zero-order chi connectivity index (χ0) is 38.7. The fraction of sp³-hybridized carbons (Fsp3) is 0.0357. The molecule has 0 unspecified atom stereocenters. The quantitative estimate of drug-likeness (QED) is 0.155. The van der Waals surface area contributed by atoms with E-state index >= 15 is 0 Å². The summed E-state index contributed by atoms with van der Waals surface area (Å²) >= 11 is 0. The molecule has 1 heterocycles. The van der Waals surface area contributed by atoms with Crippen molar-refractivity contribution < 1.29 is 0 Å². The van der Waals surface area contributed by atoms with Gasteiger partial charge in [-0.05, 0) is 104 Å². The molecule has 0 fully saturated rings. The van der Waals surface area contributed by atoms with Gasteiger partial charge in [0, 0.05) is 16.5 Å². The highest BCUT2D eigenvalue weighted by atomic mass is 14.9. The van der Waals surface area contributed by atoms with Crippen molar-refractivity contribution in [2.75, 3.05) is 0 Å². The molecule has 58 heavy (non-hydrogen) atoms. The van der Waals surface area contributed by atoms with Gasteiger partial charge >= 0.3 is 0 Å². The summed E-state index contributed by atoms with van der Waals surface area (Å²) in [6.07, 6.45) is 8.67. The number of aromatic nitrogens is 2. The van der Waals surface area contributed by atoms with Crippen LogP contribution >= 0.6 is 0 Å². The van der Waals surface area contributed by atoms with Gasteiger partial charge in [0.05, 0.1) is 11.2 Å². The van der Waals surface area contributed by atoms with Gasteiger partial charge in [-0.3, -0.25) is 0 Å². The molecule has 0 amide bonds. The van der Waals surface area contributed by atoms with Gasteiger partial charge in [0.1, 0.15) is 0 Å². The number of fused-ring (bicyclic) bond motifs is 1. The van der Waals surface area contributed by atoms with Crippen molar-refractivity contribution in [3.63, 3.8) is 0 Å². The molecular formula is C56H40N2. The minimum Gasteiger partial charge on any atom is -0.228 e. The van der Waals surface area contributed by atoms with Gasteiger partial charge < -0.3 is 0 Å². The maximum absolute atomic E-state index is 5.22. The van der Waals surface area contributed by atoms with Gasteiger partial charge in [-0.15, -0.1) is 0 Å². The van der Waals surface area contributed by atoms with E-state index in [0.29, 0.717) is 0 Å². The third-order valence-electron chi connectivity index (χ3n) is 11.1. The smallest absolute Gasteiger partial charge is 0.160 e. The van der Waals surface area contributed by atoms with Gasteiger partial charge in [-0.1, -0.05) is 194 Å². The van der Waals surface area contributed by atoms with E-state index in [4.69, 9.17) is 9.97 Å². The zero-order valence-electron chi connectivity index (χ0n) is 32.1. The Morgan fingerprint density at radius 3 is 1.43 bits per heavy atom. The standard InChI is InChI=1S/C56H40N2/c1-6-20-39(21-7-1)49-38-50(53(41-24-10-3-11-25-41)54(42-26-12-4-13-27-42)52(49)40-22-8-2-9-23-40)46-32-18-30-44(36-46)45-31-19-33-47(37-45)55-48-34-16-17-35-51(48)57-56(58-55)43-28-14-5-15-29-43/h1-4,6-14,16-38H,5,15H2. The van der Waals surface area contributed by atoms with Crippen molar-refractivity contribution in [3.8, 4) is 78.0 Å². The highest BCUT2D eigenvalue weighted by Gasteiger charge is 2.24. The Morgan fingerprint density at radius 2 is 0.828 bits per heavy atom. The van der Waals surface area contributed by atoms with Crippen LogP contribution in [0.1, 0.15) is 18.7 Å². The summed E-state index contributed by atoms with van der Waals surface area (Å²) in [5, 5.41) is 1.05. The molecule has 0 aliphatic heterocycles. The second kappa shape index (κ2) is 15.6. The molecular weight excluding hydrogens is 701 g/mol. The van der Waals surface area contributed by atoms with Crippen LogP contribution in [0.5, 0.6) is 0 Å². The average molecular weight is 741 g/mol. The molecule has 2 heteroatoms. The second-order valence-electron chi connectivity index (χ2n) is 14.8. The summed E-state index contributed by atoms with van der Waals surface area (Å²) in [5.74, 6) is 0.771. The van der Waals surface area contributed by atoms with E-state index in [0.717, 1.165) is 63.1 Å². The molecule has 1 aromatic heterocycles. The SMILES string of the molecule is C1=CC(c2nc(-c3cccc(-c4cccc(-c5cc(-c6ccccc6)c(-c6ccccc6)c(-c6ccccc6)c5-c5ccccc5)c4)c3)c3ccccc3n2)=CCC1. The first-order chi connectivity index (χ1) is 28.8. The monoisotopic (exact) mass is 740 g/mol. The second-order valence-corrected chi connectivity index (χ2v) is 14.8. The molecule has 0 bridgehead atoms. The lowest BCUT2D eigenvalue weighted by Gasteiger charge is -2.24. The summed E-state index contributed by atoms with van der Waals surface area (Å²) < 4.78 is 0. The molecule has 10 rings (SSSR count). The molecule has 0 saturated carbocycles. The number of benzene rings is 8. The molecule has 0 N–H and O–H groups in total. The molecule has 9 aromatic rings.